The normalized spacial score (nSPS) is 12.5. The molecule has 17 heavy (non-hydrogen) atoms. The maximum atomic E-state index is 10.8. The molecule has 9 heteroatoms. The number of nitrogens with two attached hydrogens (primary N) is 3. The summed E-state index contributed by atoms with van der Waals surface area (Å²) in [6.07, 6.45) is 0. The van der Waals surface area contributed by atoms with Gasteiger partial charge in [0.05, 0.1) is 5.70 Å². The first kappa shape index (κ1) is 12.8. The van der Waals surface area contributed by atoms with E-state index in [2.05, 4.69) is 14.9 Å². The van der Waals surface area contributed by atoms with E-state index < -0.39 is 5.97 Å². The first-order valence-corrected chi connectivity index (χ1v) is 4.72. The number of hydrogen-bond donors (Lipinski definition) is 4. The minimum absolute atomic E-state index is 0.0119. The van der Waals surface area contributed by atoms with Crippen LogP contribution in [0.15, 0.2) is 16.0 Å². The van der Waals surface area contributed by atoms with Gasteiger partial charge in [-0.25, -0.2) is 15.3 Å². The smallest absolute Gasteiger partial charge is 0.353 e. The molecule has 0 amide bonds. The maximum absolute atomic E-state index is 10.8. The lowest BCUT2D eigenvalue weighted by Gasteiger charge is -2.23. The van der Waals surface area contributed by atoms with Crippen LogP contribution in [0, 0.1) is 5.92 Å². The second-order valence-electron chi connectivity index (χ2n) is 3.60. The van der Waals surface area contributed by atoms with Crippen molar-refractivity contribution in [2.45, 2.75) is 13.8 Å². The number of hydrazine groups is 1. The predicted octanol–water partition coefficient (Wildman–Crippen LogP) is -0.757. The number of aliphatic carboxylic acids is 1. The largest absolute Gasteiger partial charge is 0.477 e. The van der Waals surface area contributed by atoms with Crippen LogP contribution in [0.25, 0.3) is 0 Å². The molecule has 0 unspecified atom stereocenters. The van der Waals surface area contributed by atoms with Crippen molar-refractivity contribution in [2.75, 3.05) is 10.7 Å². The lowest BCUT2D eigenvalue weighted by atomic mass is 10.1. The molecule has 7 N–H and O–H groups in total. The monoisotopic (exact) mass is 242 g/mol. The Hall–Kier alpha value is -2.29. The number of carboxylic acids is 1. The van der Waals surface area contributed by atoms with Gasteiger partial charge in [-0.1, -0.05) is 13.8 Å². The first-order chi connectivity index (χ1) is 7.86. The molecule has 0 aliphatic rings. The quantitative estimate of drug-likeness (QED) is 0.302. The van der Waals surface area contributed by atoms with Gasteiger partial charge in [0.15, 0.2) is 0 Å². The van der Waals surface area contributed by atoms with Gasteiger partial charge in [0, 0.05) is 0 Å². The zero-order valence-corrected chi connectivity index (χ0v) is 9.41. The van der Waals surface area contributed by atoms with Gasteiger partial charge in [-0.15, -0.1) is 0 Å². The molecule has 0 aliphatic heterocycles. The number of allylic oxidation sites excluding steroid dienone is 1. The molecule has 1 aromatic rings. The highest BCUT2D eigenvalue weighted by Gasteiger charge is 2.23. The van der Waals surface area contributed by atoms with E-state index in [9.17, 15) is 4.79 Å². The zero-order valence-electron chi connectivity index (χ0n) is 9.41. The number of hydrogen-bond acceptors (Lipinski definition) is 8. The molecule has 0 radical (unpaired) electrons. The molecular formula is C8H14N6O3. The summed E-state index contributed by atoms with van der Waals surface area (Å²) in [5.74, 6) is 4.15. The standard InChI is InChI=1S/C8H14N6O3/c1-3(2)5(4(9)8(15)16)14(11)7-6(10)12-17-13-7/h3H,9,11H2,1-2H3,(H2,10,12)(H,15,16)/b5-4-. The second-order valence-corrected chi connectivity index (χ2v) is 3.60. The third kappa shape index (κ3) is 2.45. The van der Waals surface area contributed by atoms with Gasteiger partial charge in [0.25, 0.3) is 0 Å². The van der Waals surface area contributed by atoms with Crippen LogP contribution >= 0.6 is 0 Å². The average Bonchev–Trinajstić information content (AvgIpc) is 2.63. The predicted molar refractivity (Wildman–Crippen MR) is 59.1 cm³/mol. The number of carbonyl (C=O) groups is 1. The molecule has 1 heterocycles. The molecular weight excluding hydrogens is 228 g/mol. The summed E-state index contributed by atoms with van der Waals surface area (Å²) in [7, 11) is 0. The third-order valence-electron chi connectivity index (χ3n) is 2.04. The lowest BCUT2D eigenvalue weighted by Crippen LogP contribution is -2.37. The molecule has 0 atom stereocenters. The molecule has 94 valence electrons. The van der Waals surface area contributed by atoms with Crippen molar-refractivity contribution >= 4 is 17.6 Å². The minimum Gasteiger partial charge on any atom is -0.477 e. The maximum Gasteiger partial charge on any atom is 0.353 e. The van der Waals surface area contributed by atoms with Crippen molar-refractivity contribution < 1.29 is 14.5 Å². The average molecular weight is 242 g/mol. The van der Waals surface area contributed by atoms with Crippen LogP contribution in [0.2, 0.25) is 0 Å². The Balaban J connectivity index is 3.23. The highest BCUT2D eigenvalue weighted by atomic mass is 16.6. The van der Waals surface area contributed by atoms with Gasteiger partial charge < -0.3 is 16.6 Å². The van der Waals surface area contributed by atoms with Crippen molar-refractivity contribution in [1.82, 2.24) is 10.3 Å². The Labute approximate surface area is 96.8 Å². The summed E-state index contributed by atoms with van der Waals surface area (Å²) < 4.78 is 4.38. The number of nitrogen functional groups attached to an aromatic ring is 1. The van der Waals surface area contributed by atoms with Crippen molar-refractivity contribution in [3.05, 3.63) is 11.4 Å². The van der Waals surface area contributed by atoms with E-state index >= 15 is 0 Å². The van der Waals surface area contributed by atoms with Crippen LogP contribution in [0.4, 0.5) is 11.6 Å². The molecule has 1 rings (SSSR count). The fourth-order valence-electron chi connectivity index (χ4n) is 1.30. The van der Waals surface area contributed by atoms with E-state index in [0.717, 1.165) is 5.01 Å². The fourth-order valence-corrected chi connectivity index (χ4v) is 1.30. The van der Waals surface area contributed by atoms with E-state index in [4.69, 9.17) is 22.4 Å². The zero-order chi connectivity index (χ0) is 13.2. The van der Waals surface area contributed by atoms with E-state index in [-0.39, 0.29) is 28.9 Å². The van der Waals surface area contributed by atoms with Gasteiger partial charge in [-0.05, 0) is 16.2 Å². The topological polar surface area (TPSA) is 158 Å². The Morgan fingerprint density at radius 2 is 2.06 bits per heavy atom. The number of rotatable bonds is 4. The molecule has 0 fully saturated rings. The molecule has 0 aromatic carbocycles. The van der Waals surface area contributed by atoms with E-state index in [0.29, 0.717) is 0 Å². The Kier molecular flexibility index (Phi) is 3.53. The summed E-state index contributed by atoms with van der Waals surface area (Å²) in [6, 6.07) is 0. The van der Waals surface area contributed by atoms with E-state index in [1.165, 1.54) is 0 Å². The van der Waals surface area contributed by atoms with Crippen molar-refractivity contribution in [3.63, 3.8) is 0 Å². The fraction of sp³-hybridized carbons (Fsp3) is 0.375. The van der Waals surface area contributed by atoms with Gasteiger partial charge in [0.2, 0.25) is 11.6 Å². The third-order valence-corrected chi connectivity index (χ3v) is 2.04. The Morgan fingerprint density at radius 3 is 2.41 bits per heavy atom. The first-order valence-electron chi connectivity index (χ1n) is 4.72. The Bertz CT molecular complexity index is 452. The highest BCUT2D eigenvalue weighted by Crippen LogP contribution is 2.24. The summed E-state index contributed by atoms with van der Waals surface area (Å²) in [4.78, 5) is 10.8. The van der Waals surface area contributed by atoms with Gasteiger partial charge in [0.1, 0.15) is 5.70 Å². The number of nitrogens with zero attached hydrogens (tertiary/aromatic N) is 3. The number of aromatic nitrogens is 2. The number of anilines is 2. The SMILES string of the molecule is CC(C)/C(=C(/N)C(=O)O)N(N)c1nonc1N. The van der Waals surface area contributed by atoms with Crippen LogP contribution in [0.5, 0.6) is 0 Å². The van der Waals surface area contributed by atoms with Crippen LogP contribution in [-0.4, -0.2) is 21.4 Å². The van der Waals surface area contributed by atoms with Crippen LogP contribution in [-0.2, 0) is 4.79 Å². The van der Waals surface area contributed by atoms with Crippen LogP contribution < -0.4 is 22.3 Å². The van der Waals surface area contributed by atoms with Crippen molar-refractivity contribution in [2.24, 2.45) is 17.5 Å². The van der Waals surface area contributed by atoms with E-state index in [1.54, 1.807) is 13.8 Å². The van der Waals surface area contributed by atoms with Crippen LogP contribution in [0.3, 0.4) is 0 Å². The molecule has 0 aliphatic carbocycles. The second kappa shape index (κ2) is 4.70. The van der Waals surface area contributed by atoms with Crippen molar-refractivity contribution in [3.8, 4) is 0 Å². The summed E-state index contributed by atoms with van der Waals surface area (Å²) in [5.41, 5.74) is 10.7. The summed E-state index contributed by atoms with van der Waals surface area (Å²) >= 11 is 0. The molecule has 9 nitrogen and oxygen atoms in total. The summed E-state index contributed by atoms with van der Waals surface area (Å²) in [5, 5.41) is 16.6. The van der Waals surface area contributed by atoms with Gasteiger partial charge in [-0.2, -0.15) is 0 Å². The van der Waals surface area contributed by atoms with Gasteiger partial charge >= 0.3 is 5.97 Å². The number of carboxylic acid groups (broad SMARTS) is 1. The van der Waals surface area contributed by atoms with Gasteiger partial charge in [-0.3, -0.25) is 5.01 Å². The minimum atomic E-state index is -1.28. The highest BCUT2D eigenvalue weighted by molar-refractivity contribution is 5.87. The van der Waals surface area contributed by atoms with Crippen molar-refractivity contribution in [1.29, 1.82) is 0 Å². The van der Waals surface area contributed by atoms with Crippen LogP contribution in [0.1, 0.15) is 13.8 Å². The molecule has 1 aromatic heterocycles. The molecule has 0 saturated heterocycles. The summed E-state index contributed by atoms with van der Waals surface area (Å²) in [6.45, 7) is 3.46. The molecule has 0 spiro atoms. The van der Waals surface area contributed by atoms with E-state index in [1.807, 2.05) is 0 Å². The molecule has 0 bridgehead atoms. The lowest BCUT2D eigenvalue weighted by molar-refractivity contribution is -0.132. The Morgan fingerprint density at radius 1 is 1.47 bits per heavy atom. The molecule has 0 saturated carbocycles.